The lowest BCUT2D eigenvalue weighted by molar-refractivity contribution is 0.112. The van der Waals surface area contributed by atoms with Gasteiger partial charge in [0.1, 0.15) is 17.9 Å². The molecule has 1 aliphatic carbocycles. The molecule has 0 radical (unpaired) electrons. The van der Waals surface area contributed by atoms with Crippen molar-refractivity contribution >= 4 is 6.29 Å². The van der Waals surface area contributed by atoms with E-state index in [4.69, 9.17) is 0 Å². The van der Waals surface area contributed by atoms with E-state index in [-0.39, 0.29) is 17.0 Å². The van der Waals surface area contributed by atoms with Crippen LogP contribution in [0.1, 0.15) is 34.7 Å². The molecule has 1 saturated carbocycles. The largest absolute Gasteiger partial charge is 0.298 e. The van der Waals surface area contributed by atoms with Crippen LogP contribution in [0, 0.1) is 11.6 Å². The third kappa shape index (κ3) is 1.46. The molecular formula is C10H8F2O. The molecule has 1 aliphatic rings. The van der Waals surface area contributed by atoms with E-state index >= 15 is 0 Å². The molecule has 0 aromatic heterocycles. The van der Waals surface area contributed by atoms with Gasteiger partial charge in [0.15, 0.2) is 0 Å². The molecule has 0 amide bonds. The average molecular weight is 182 g/mol. The van der Waals surface area contributed by atoms with Crippen molar-refractivity contribution in [2.75, 3.05) is 0 Å². The number of rotatable bonds is 2. The summed E-state index contributed by atoms with van der Waals surface area (Å²) < 4.78 is 26.4. The summed E-state index contributed by atoms with van der Waals surface area (Å²) in [4.78, 5) is 10.3. The van der Waals surface area contributed by atoms with E-state index in [1.165, 1.54) is 0 Å². The first-order valence-corrected chi connectivity index (χ1v) is 4.16. The zero-order valence-corrected chi connectivity index (χ0v) is 6.89. The highest BCUT2D eigenvalue weighted by atomic mass is 19.1. The van der Waals surface area contributed by atoms with Gasteiger partial charge in [-0.1, -0.05) is 0 Å². The Labute approximate surface area is 74.4 Å². The number of benzene rings is 1. The van der Waals surface area contributed by atoms with Gasteiger partial charge in [0.2, 0.25) is 0 Å². The molecule has 0 unspecified atom stereocenters. The summed E-state index contributed by atoms with van der Waals surface area (Å²) in [7, 11) is 0. The minimum absolute atomic E-state index is 0.0284. The maximum Gasteiger partial charge on any atom is 0.150 e. The Hall–Kier alpha value is -1.25. The lowest BCUT2D eigenvalue weighted by atomic mass is 10.1. The van der Waals surface area contributed by atoms with Gasteiger partial charge >= 0.3 is 0 Å². The van der Waals surface area contributed by atoms with Crippen LogP contribution in [-0.2, 0) is 0 Å². The highest BCUT2D eigenvalue weighted by Crippen LogP contribution is 2.42. The van der Waals surface area contributed by atoms with Gasteiger partial charge in [0, 0.05) is 11.1 Å². The number of hydrogen-bond acceptors (Lipinski definition) is 1. The quantitative estimate of drug-likeness (QED) is 0.642. The predicted octanol–water partition coefficient (Wildman–Crippen LogP) is 2.65. The molecule has 13 heavy (non-hydrogen) atoms. The van der Waals surface area contributed by atoms with Crippen molar-refractivity contribution in [3.8, 4) is 0 Å². The fourth-order valence-corrected chi connectivity index (χ4v) is 1.43. The maximum absolute atomic E-state index is 13.2. The maximum atomic E-state index is 13.2. The molecule has 0 N–H and O–H groups in total. The Kier molecular flexibility index (Phi) is 1.87. The van der Waals surface area contributed by atoms with Crippen LogP contribution in [0.2, 0.25) is 0 Å². The van der Waals surface area contributed by atoms with Gasteiger partial charge in [-0.3, -0.25) is 4.79 Å². The number of carbonyl (C=O) groups is 1. The second-order valence-corrected chi connectivity index (χ2v) is 3.29. The summed E-state index contributed by atoms with van der Waals surface area (Å²) in [6.07, 6.45) is 2.13. The summed E-state index contributed by atoms with van der Waals surface area (Å²) in [5.74, 6) is -1.16. The van der Waals surface area contributed by atoms with Gasteiger partial charge < -0.3 is 0 Å². The molecule has 1 aromatic carbocycles. The molecule has 0 aliphatic heterocycles. The summed E-state index contributed by atoms with van der Waals surface area (Å²) in [6.45, 7) is 0. The van der Waals surface area contributed by atoms with Crippen LogP contribution < -0.4 is 0 Å². The van der Waals surface area contributed by atoms with E-state index in [0.717, 1.165) is 25.0 Å². The highest BCUT2D eigenvalue weighted by molar-refractivity contribution is 5.74. The molecule has 3 heteroatoms. The molecular weight excluding hydrogens is 174 g/mol. The molecule has 0 spiro atoms. The Morgan fingerprint density at radius 1 is 1.23 bits per heavy atom. The zero-order chi connectivity index (χ0) is 9.42. The van der Waals surface area contributed by atoms with Gasteiger partial charge in [-0.15, -0.1) is 0 Å². The predicted molar refractivity (Wildman–Crippen MR) is 43.7 cm³/mol. The zero-order valence-electron chi connectivity index (χ0n) is 6.89. The van der Waals surface area contributed by atoms with E-state index in [0.29, 0.717) is 6.29 Å². The van der Waals surface area contributed by atoms with Crippen LogP contribution in [0.25, 0.3) is 0 Å². The highest BCUT2D eigenvalue weighted by Gasteiger charge is 2.29. The molecule has 1 aromatic rings. The van der Waals surface area contributed by atoms with Crippen LogP contribution in [0.3, 0.4) is 0 Å². The van der Waals surface area contributed by atoms with Crippen LogP contribution in [0.15, 0.2) is 12.1 Å². The minimum atomic E-state index is -0.593. The smallest absolute Gasteiger partial charge is 0.150 e. The molecule has 0 heterocycles. The van der Waals surface area contributed by atoms with Gasteiger partial charge in [0.25, 0.3) is 0 Å². The van der Waals surface area contributed by atoms with Gasteiger partial charge in [-0.05, 0) is 30.9 Å². The second-order valence-electron chi connectivity index (χ2n) is 3.29. The Bertz CT molecular complexity index is 333. The second kappa shape index (κ2) is 2.91. The lowest BCUT2D eigenvalue weighted by Gasteiger charge is -2.03. The first-order chi connectivity index (χ1) is 6.22. The van der Waals surface area contributed by atoms with Crippen molar-refractivity contribution in [3.05, 3.63) is 34.9 Å². The summed E-state index contributed by atoms with van der Waals surface area (Å²) in [5.41, 5.74) is 0.199. The first kappa shape index (κ1) is 8.35. The molecule has 1 fully saturated rings. The number of hydrogen-bond donors (Lipinski definition) is 0. The van der Waals surface area contributed by atoms with Crippen LogP contribution in [0.4, 0.5) is 8.78 Å². The van der Waals surface area contributed by atoms with Crippen molar-refractivity contribution in [2.24, 2.45) is 0 Å². The Morgan fingerprint density at radius 2 is 1.77 bits per heavy atom. The van der Waals surface area contributed by atoms with E-state index in [9.17, 15) is 13.6 Å². The summed E-state index contributed by atoms with van der Waals surface area (Å²) in [5, 5.41) is 0. The topological polar surface area (TPSA) is 17.1 Å². The average Bonchev–Trinajstić information content (AvgIpc) is 2.87. The number of aldehydes is 1. The Morgan fingerprint density at radius 3 is 2.15 bits per heavy atom. The number of halogens is 2. The molecule has 1 nitrogen and oxygen atoms in total. The van der Waals surface area contributed by atoms with Gasteiger partial charge in [-0.25, -0.2) is 8.78 Å². The normalized spacial score (nSPS) is 15.8. The standard InChI is InChI=1S/C10H8F2O/c11-8-3-6(5-13)4-9(12)10(8)7-1-2-7/h3-5,7H,1-2H2. The van der Waals surface area contributed by atoms with E-state index < -0.39 is 11.6 Å². The van der Waals surface area contributed by atoms with Crippen molar-refractivity contribution in [1.29, 1.82) is 0 Å². The number of carbonyl (C=O) groups excluding carboxylic acids is 1. The van der Waals surface area contributed by atoms with Crippen LogP contribution in [-0.4, -0.2) is 6.29 Å². The summed E-state index contributed by atoms with van der Waals surface area (Å²) in [6, 6.07) is 2.17. The molecule has 68 valence electrons. The fraction of sp³-hybridized carbons (Fsp3) is 0.300. The van der Waals surface area contributed by atoms with E-state index in [1.54, 1.807) is 0 Å². The van der Waals surface area contributed by atoms with Crippen molar-refractivity contribution in [1.82, 2.24) is 0 Å². The van der Waals surface area contributed by atoms with E-state index in [2.05, 4.69) is 0 Å². The van der Waals surface area contributed by atoms with Crippen molar-refractivity contribution in [2.45, 2.75) is 18.8 Å². The molecule has 0 saturated heterocycles. The third-order valence-electron chi connectivity index (χ3n) is 2.22. The summed E-state index contributed by atoms with van der Waals surface area (Å²) >= 11 is 0. The van der Waals surface area contributed by atoms with E-state index in [1.807, 2.05) is 0 Å². The third-order valence-corrected chi connectivity index (χ3v) is 2.22. The molecule has 0 atom stereocenters. The van der Waals surface area contributed by atoms with Crippen LogP contribution >= 0.6 is 0 Å². The Balaban J connectivity index is 2.50. The van der Waals surface area contributed by atoms with Crippen molar-refractivity contribution in [3.63, 3.8) is 0 Å². The first-order valence-electron chi connectivity index (χ1n) is 4.16. The van der Waals surface area contributed by atoms with Gasteiger partial charge in [-0.2, -0.15) is 0 Å². The van der Waals surface area contributed by atoms with Gasteiger partial charge in [0.05, 0.1) is 0 Å². The molecule has 2 rings (SSSR count). The fourth-order valence-electron chi connectivity index (χ4n) is 1.43. The lowest BCUT2D eigenvalue weighted by Crippen LogP contribution is -1.95. The van der Waals surface area contributed by atoms with Crippen molar-refractivity contribution < 1.29 is 13.6 Å². The minimum Gasteiger partial charge on any atom is -0.298 e. The van der Waals surface area contributed by atoms with Crippen LogP contribution in [0.5, 0.6) is 0 Å². The monoisotopic (exact) mass is 182 g/mol. The SMILES string of the molecule is O=Cc1cc(F)c(C2CC2)c(F)c1. The molecule has 0 bridgehead atoms.